The van der Waals surface area contributed by atoms with Crippen molar-refractivity contribution in [2.45, 2.75) is 46.3 Å². The van der Waals surface area contributed by atoms with Crippen LogP contribution in [0.3, 0.4) is 0 Å². The van der Waals surface area contributed by atoms with Crippen LogP contribution in [0, 0.1) is 12.3 Å². The van der Waals surface area contributed by atoms with Gasteiger partial charge in [0.05, 0.1) is 6.10 Å². The molecule has 0 heterocycles. The highest BCUT2D eigenvalue weighted by Gasteiger charge is 2.24. The fourth-order valence-corrected chi connectivity index (χ4v) is 1.68. The Morgan fingerprint density at radius 3 is 2.24 bits per heavy atom. The molecule has 1 aromatic carbocycles. The first-order valence-electron chi connectivity index (χ1n) is 5.81. The molecule has 1 aromatic rings. The van der Waals surface area contributed by atoms with Gasteiger partial charge in [-0.25, -0.2) is 0 Å². The Kier molecular flexibility index (Phi) is 6.17. The molecule has 0 unspecified atom stereocenters. The first-order valence-corrected chi connectivity index (χ1v) is 5.81. The molecule has 98 valence electrons. The van der Waals surface area contributed by atoms with Crippen LogP contribution in [0.15, 0.2) is 24.3 Å². The lowest BCUT2D eigenvalue weighted by Crippen LogP contribution is -2.36. The van der Waals surface area contributed by atoms with E-state index in [1.54, 1.807) is 0 Å². The van der Waals surface area contributed by atoms with Crippen LogP contribution >= 0.6 is 12.4 Å². The molecule has 0 spiro atoms. The molecule has 0 aliphatic heterocycles. The second-order valence-electron chi connectivity index (χ2n) is 5.58. The monoisotopic (exact) mass is 257 g/mol. The van der Waals surface area contributed by atoms with Crippen molar-refractivity contribution in [2.75, 3.05) is 0 Å². The van der Waals surface area contributed by atoms with E-state index in [4.69, 9.17) is 5.73 Å². The van der Waals surface area contributed by atoms with Crippen LogP contribution in [0.25, 0.3) is 0 Å². The van der Waals surface area contributed by atoms with Crippen molar-refractivity contribution < 1.29 is 5.11 Å². The first kappa shape index (κ1) is 16.4. The van der Waals surface area contributed by atoms with Crippen molar-refractivity contribution in [1.29, 1.82) is 0 Å². The van der Waals surface area contributed by atoms with Gasteiger partial charge in [0.15, 0.2) is 0 Å². The highest BCUT2D eigenvalue weighted by molar-refractivity contribution is 5.85. The molecule has 2 nitrogen and oxygen atoms in total. The van der Waals surface area contributed by atoms with Crippen LogP contribution < -0.4 is 5.73 Å². The normalized spacial score (nSPS) is 14.9. The van der Waals surface area contributed by atoms with Crippen LogP contribution in [-0.4, -0.2) is 11.1 Å². The van der Waals surface area contributed by atoms with Gasteiger partial charge >= 0.3 is 0 Å². The van der Waals surface area contributed by atoms with E-state index in [0.29, 0.717) is 6.42 Å². The molecule has 0 saturated carbocycles. The standard InChI is InChI=1S/C14H23NO.ClH/c1-10-7-5-6-8-11(10)12(16)9-13(15)14(2,3)4;/h5-8,12-13,16H,9,15H2,1-4H3;1H/t12-,13+;/m0./s1. The van der Waals surface area contributed by atoms with Crippen molar-refractivity contribution in [3.63, 3.8) is 0 Å². The zero-order valence-corrected chi connectivity index (χ0v) is 11.9. The smallest absolute Gasteiger partial charge is 0.0807 e. The van der Waals surface area contributed by atoms with Crippen molar-refractivity contribution >= 4 is 12.4 Å². The molecule has 0 radical (unpaired) electrons. The molecule has 17 heavy (non-hydrogen) atoms. The minimum atomic E-state index is -0.463. The summed E-state index contributed by atoms with van der Waals surface area (Å²) in [7, 11) is 0. The predicted molar refractivity (Wildman–Crippen MR) is 75.4 cm³/mol. The summed E-state index contributed by atoms with van der Waals surface area (Å²) in [4.78, 5) is 0. The summed E-state index contributed by atoms with van der Waals surface area (Å²) in [5.74, 6) is 0. The molecule has 0 amide bonds. The molecule has 1 rings (SSSR count). The number of hydrogen-bond donors (Lipinski definition) is 2. The van der Waals surface area contributed by atoms with E-state index in [-0.39, 0.29) is 23.9 Å². The van der Waals surface area contributed by atoms with E-state index in [1.165, 1.54) is 0 Å². The summed E-state index contributed by atoms with van der Waals surface area (Å²) in [6.07, 6.45) is 0.143. The molecule has 0 aliphatic rings. The Morgan fingerprint density at radius 2 is 1.76 bits per heavy atom. The van der Waals surface area contributed by atoms with E-state index >= 15 is 0 Å². The van der Waals surface area contributed by atoms with Crippen molar-refractivity contribution in [3.8, 4) is 0 Å². The maximum absolute atomic E-state index is 10.2. The Hall–Kier alpha value is -0.570. The third kappa shape index (κ3) is 4.66. The van der Waals surface area contributed by atoms with Crippen LogP contribution in [0.2, 0.25) is 0 Å². The SMILES string of the molecule is Cc1ccccc1[C@@H](O)C[C@@H](N)C(C)(C)C.Cl. The fourth-order valence-electron chi connectivity index (χ4n) is 1.68. The quantitative estimate of drug-likeness (QED) is 0.874. The van der Waals surface area contributed by atoms with Gasteiger partial charge in [0.1, 0.15) is 0 Å². The van der Waals surface area contributed by atoms with Gasteiger partial charge in [-0.2, -0.15) is 0 Å². The fraction of sp³-hybridized carbons (Fsp3) is 0.571. The maximum Gasteiger partial charge on any atom is 0.0807 e. The van der Waals surface area contributed by atoms with Gasteiger partial charge < -0.3 is 10.8 Å². The second-order valence-corrected chi connectivity index (χ2v) is 5.58. The molecular formula is C14H24ClNO. The van der Waals surface area contributed by atoms with Gasteiger partial charge in [-0.1, -0.05) is 45.0 Å². The number of benzene rings is 1. The summed E-state index contributed by atoms with van der Waals surface area (Å²) in [5.41, 5.74) is 8.22. The topological polar surface area (TPSA) is 46.2 Å². The number of halogens is 1. The molecule has 3 heteroatoms. The highest BCUT2D eigenvalue weighted by Crippen LogP contribution is 2.27. The Morgan fingerprint density at radius 1 is 1.24 bits per heavy atom. The summed E-state index contributed by atoms with van der Waals surface area (Å²) >= 11 is 0. The van der Waals surface area contributed by atoms with E-state index in [2.05, 4.69) is 20.8 Å². The molecular weight excluding hydrogens is 234 g/mol. The average molecular weight is 258 g/mol. The maximum atomic E-state index is 10.2. The largest absolute Gasteiger partial charge is 0.388 e. The Labute approximate surface area is 111 Å². The third-order valence-electron chi connectivity index (χ3n) is 3.14. The summed E-state index contributed by atoms with van der Waals surface area (Å²) in [6.45, 7) is 8.31. The van der Waals surface area contributed by atoms with E-state index in [9.17, 15) is 5.11 Å². The summed E-state index contributed by atoms with van der Waals surface area (Å²) in [5, 5.41) is 10.2. The molecule has 0 fully saturated rings. The van der Waals surface area contributed by atoms with Crippen LogP contribution in [-0.2, 0) is 0 Å². The Balaban J connectivity index is 0.00000256. The number of aryl methyl sites for hydroxylation is 1. The lowest BCUT2D eigenvalue weighted by atomic mass is 9.83. The molecule has 0 saturated heterocycles. The Bertz CT molecular complexity index is 346. The first-order chi connectivity index (χ1) is 7.32. The van der Waals surface area contributed by atoms with E-state index in [1.807, 2.05) is 31.2 Å². The number of aliphatic hydroxyl groups is 1. The highest BCUT2D eigenvalue weighted by atomic mass is 35.5. The lowest BCUT2D eigenvalue weighted by molar-refractivity contribution is 0.133. The van der Waals surface area contributed by atoms with Gasteiger partial charge in [-0.15, -0.1) is 12.4 Å². The number of aliphatic hydroxyl groups excluding tert-OH is 1. The van der Waals surface area contributed by atoms with Gasteiger partial charge in [0.2, 0.25) is 0 Å². The summed E-state index contributed by atoms with van der Waals surface area (Å²) in [6, 6.07) is 7.92. The minimum Gasteiger partial charge on any atom is -0.388 e. The predicted octanol–water partition coefficient (Wildman–Crippen LogP) is 3.21. The van der Waals surface area contributed by atoms with Gasteiger partial charge in [-0.3, -0.25) is 0 Å². The molecule has 3 N–H and O–H groups in total. The summed E-state index contributed by atoms with van der Waals surface area (Å²) < 4.78 is 0. The zero-order chi connectivity index (χ0) is 12.3. The van der Waals surface area contributed by atoms with Crippen molar-refractivity contribution in [3.05, 3.63) is 35.4 Å². The van der Waals surface area contributed by atoms with Crippen molar-refractivity contribution in [2.24, 2.45) is 11.1 Å². The second kappa shape index (κ2) is 6.39. The number of nitrogens with two attached hydrogens (primary N) is 1. The van der Waals surface area contributed by atoms with Crippen LogP contribution in [0.1, 0.15) is 44.4 Å². The zero-order valence-electron chi connectivity index (χ0n) is 11.1. The van der Waals surface area contributed by atoms with E-state index < -0.39 is 6.10 Å². The van der Waals surface area contributed by atoms with Crippen molar-refractivity contribution in [1.82, 2.24) is 0 Å². The average Bonchev–Trinajstić information content (AvgIpc) is 2.16. The van der Waals surface area contributed by atoms with Crippen LogP contribution in [0.4, 0.5) is 0 Å². The lowest BCUT2D eigenvalue weighted by Gasteiger charge is -2.29. The number of hydrogen-bond acceptors (Lipinski definition) is 2. The molecule has 0 aliphatic carbocycles. The van der Waals surface area contributed by atoms with E-state index in [0.717, 1.165) is 11.1 Å². The number of rotatable bonds is 3. The molecule has 0 aromatic heterocycles. The minimum absolute atomic E-state index is 0. The van der Waals surface area contributed by atoms with Crippen LogP contribution in [0.5, 0.6) is 0 Å². The third-order valence-corrected chi connectivity index (χ3v) is 3.14. The van der Waals surface area contributed by atoms with Gasteiger partial charge in [0.25, 0.3) is 0 Å². The molecule has 2 atom stereocenters. The van der Waals surface area contributed by atoms with Gasteiger partial charge in [0, 0.05) is 6.04 Å². The molecule has 0 bridgehead atoms. The van der Waals surface area contributed by atoms with Gasteiger partial charge in [-0.05, 0) is 29.9 Å².